The van der Waals surface area contributed by atoms with Crippen molar-refractivity contribution in [2.45, 2.75) is 37.9 Å². The lowest BCUT2D eigenvalue weighted by molar-refractivity contribution is -0.129. The highest BCUT2D eigenvalue weighted by Gasteiger charge is 2.41. The van der Waals surface area contributed by atoms with Crippen molar-refractivity contribution in [3.05, 3.63) is 0 Å². The number of hydrogen-bond donors (Lipinski definition) is 2. The molecule has 3 N–H and O–H groups in total. The van der Waals surface area contributed by atoms with Gasteiger partial charge in [-0.1, -0.05) is 13.3 Å². The molecule has 5 heteroatoms. The molecular formula is C9H17F3N2. The average molecular weight is 210 g/mol. The Morgan fingerprint density at radius 3 is 2.50 bits per heavy atom. The number of nitrogens with one attached hydrogen (secondary N) is 1. The second kappa shape index (κ2) is 4.06. The summed E-state index contributed by atoms with van der Waals surface area (Å²) in [6.07, 6.45) is -1.48. The van der Waals surface area contributed by atoms with Crippen LogP contribution in [0.25, 0.3) is 0 Å². The van der Waals surface area contributed by atoms with Gasteiger partial charge in [-0.25, -0.2) is 0 Å². The van der Waals surface area contributed by atoms with Crippen molar-refractivity contribution in [1.82, 2.24) is 5.32 Å². The van der Waals surface area contributed by atoms with E-state index in [9.17, 15) is 13.2 Å². The highest BCUT2D eigenvalue weighted by Crippen LogP contribution is 2.35. The van der Waals surface area contributed by atoms with Crippen LogP contribution in [0.2, 0.25) is 0 Å². The molecule has 2 nitrogen and oxygen atoms in total. The van der Waals surface area contributed by atoms with Gasteiger partial charge in [0.05, 0.1) is 6.54 Å². The van der Waals surface area contributed by atoms with Gasteiger partial charge < -0.3 is 11.1 Å². The molecule has 0 bridgehead atoms. The van der Waals surface area contributed by atoms with Crippen molar-refractivity contribution in [1.29, 1.82) is 0 Å². The predicted molar refractivity (Wildman–Crippen MR) is 48.9 cm³/mol. The molecule has 0 heterocycles. The third kappa shape index (κ3) is 2.60. The summed E-state index contributed by atoms with van der Waals surface area (Å²) in [7, 11) is 0. The molecule has 2 unspecified atom stereocenters. The van der Waals surface area contributed by atoms with Gasteiger partial charge in [-0.05, 0) is 18.8 Å². The van der Waals surface area contributed by atoms with E-state index in [1.165, 1.54) is 0 Å². The van der Waals surface area contributed by atoms with Crippen molar-refractivity contribution in [3.8, 4) is 0 Å². The summed E-state index contributed by atoms with van der Waals surface area (Å²) < 4.78 is 36.1. The molecule has 1 rings (SSSR count). The average Bonchev–Trinajstić information content (AvgIpc) is 2.43. The molecule has 1 saturated carbocycles. The molecule has 1 aliphatic rings. The second-order valence-corrected chi connectivity index (χ2v) is 4.12. The minimum atomic E-state index is -4.15. The Kier molecular flexibility index (Phi) is 3.42. The van der Waals surface area contributed by atoms with Gasteiger partial charge in [0.2, 0.25) is 0 Å². The summed E-state index contributed by atoms with van der Waals surface area (Å²) in [5.41, 5.74) is 5.07. The number of halogens is 3. The minimum absolute atomic E-state index is 0.231. The summed E-state index contributed by atoms with van der Waals surface area (Å²) >= 11 is 0. The third-order valence-corrected chi connectivity index (χ3v) is 3.21. The van der Waals surface area contributed by atoms with Crippen LogP contribution in [0.1, 0.15) is 26.2 Å². The lowest BCUT2D eigenvalue weighted by Gasteiger charge is -2.34. The molecule has 0 aromatic rings. The molecule has 14 heavy (non-hydrogen) atoms. The first-order chi connectivity index (χ1) is 6.40. The van der Waals surface area contributed by atoms with E-state index in [2.05, 4.69) is 5.32 Å². The van der Waals surface area contributed by atoms with Crippen LogP contribution < -0.4 is 11.1 Å². The fourth-order valence-electron chi connectivity index (χ4n) is 2.16. The van der Waals surface area contributed by atoms with E-state index >= 15 is 0 Å². The van der Waals surface area contributed by atoms with E-state index in [1.807, 2.05) is 6.92 Å². The van der Waals surface area contributed by atoms with Crippen LogP contribution >= 0.6 is 0 Å². The van der Waals surface area contributed by atoms with E-state index in [4.69, 9.17) is 5.73 Å². The van der Waals surface area contributed by atoms with Crippen molar-refractivity contribution in [3.63, 3.8) is 0 Å². The zero-order chi connectivity index (χ0) is 10.8. The molecule has 1 aliphatic carbocycles. The van der Waals surface area contributed by atoms with Gasteiger partial charge in [0, 0.05) is 12.1 Å². The summed E-state index contributed by atoms with van der Waals surface area (Å²) in [5, 5.41) is 2.58. The summed E-state index contributed by atoms with van der Waals surface area (Å²) in [5.74, 6) is 0.231. The number of hydrogen-bond acceptors (Lipinski definition) is 2. The van der Waals surface area contributed by atoms with Crippen molar-refractivity contribution in [2.75, 3.05) is 13.1 Å². The monoisotopic (exact) mass is 210 g/mol. The van der Waals surface area contributed by atoms with Crippen LogP contribution in [-0.2, 0) is 0 Å². The normalized spacial score (nSPS) is 33.6. The van der Waals surface area contributed by atoms with Crippen LogP contribution in [0.3, 0.4) is 0 Å². The van der Waals surface area contributed by atoms with Gasteiger partial charge in [-0.3, -0.25) is 0 Å². The molecule has 0 aliphatic heterocycles. The van der Waals surface area contributed by atoms with Gasteiger partial charge >= 0.3 is 6.18 Å². The Balaban J connectivity index is 2.54. The fraction of sp³-hybridized carbons (Fsp3) is 1.00. The SMILES string of the molecule is CC1CCCC1(CN)NCC(F)(F)F. The van der Waals surface area contributed by atoms with Crippen molar-refractivity contribution < 1.29 is 13.2 Å². The zero-order valence-corrected chi connectivity index (χ0v) is 8.32. The van der Waals surface area contributed by atoms with Crippen molar-refractivity contribution in [2.24, 2.45) is 11.7 Å². The van der Waals surface area contributed by atoms with E-state index in [0.29, 0.717) is 0 Å². The Morgan fingerprint density at radius 1 is 1.50 bits per heavy atom. The molecule has 0 spiro atoms. The maximum atomic E-state index is 12.0. The van der Waals surface area contributed by atoms with E-state index in [-0.39, 0.29) is 12.5 Å². The summed E-state index contributed by atoms with van der Waals surface area (Å²) in [6, 6.07) is 0. The van der Waals surface area contributed by atoms with Gasteiger partial charge in [0.1, 0.15) is 0 Å². The Labute approximate surface area is 82.0 Å². The molecule has 1 fully saturated rings. The van der Waals surface area contributed by atoms with Crippen LogP contribution in [0.15, 0.2) is 0 Å². The van der Waals surface area contributed by atoms with Crippen LogP contribution in [0.4, 0.5) is 13.2 Å². The largest absolute Gasteiger partial charge is 0.401 e. The van der Waals surface area contributed by atoms with E-state index < -0.39 is 18.3 Å². The zero-order valence-electron chi connectivity index (χ0n) is 8.32. The van der Waals surface area contributed by atoms with E-state index in [1.54, 1.807) is 0 Å². The van der Waals surface area contributed by atoms with Gasteiger partial charge in [0.25, 0.3) is 0 Å². The molecule has 84 valence electrons. The van der Waals surface area contributed by atoms with Crippen LogP contribution in [0.5, 0.6) is 0 Å². The minimum Gasteiger partial charge on any atom is -0.329 e. The third-order valence-electron chi connectivity index (χ3n) is 3.21. The van der Waals surface area contributed by atoms with Gasteiger partial charge in [-0.2, -0.15) is 13.2 Å². The smallest absolute Gasteiger partial charge is 0.329 e. The molecule has 0 saturated heterocycles. The number of nitrogens with two attached hydrogens (primary N) is 1. The Morgan fingerprint density at radius 2 is 2.14 bits per heavy atom. The standard InChI is InChI=1S/C9H17F3N2/c1-7-3-2-4-8(7,5-13)14-6-9(10,11)12/h7,14H,2-6,13H2,1H3. The topological polar surface area (TPSA) is 38.0 Å². The molecule has 0 aromatic heterocycles. The quantitative estimate of drug-likeness (QED) is 0.743. The van der Waals surface area contributed by atoms with Crippen molar-refractivity contribution >= 4 is 0 Å². The molecule has 0 aromatic carbocycles. The highest BCUT2D eigenvalue weighted by molar-refractivity contribution is 4.98. The molecule has 0 radical (unpaired) electrons. The van der Waals surface area contributed by atoms with Gasteiger partial charge in [-0.15, -0.1) is 0 Å². The lowest BCUT2D eigenvalue weighted by atomic mass is 9.88. The van der Waals surface area contributed by atoms with E-state index in [0.717, 1.165) is 19.3 Å². The summed E-state index contributed by atoms with van der Waals surface area (Å²) in [4.78, 5) is 0. The first-order valence-corrected chi connectivity index (χ1v) is 4.91. The molecular weight excluding hydrogens is 193 g/mol. The predicted octanol–water partition coefficient (Wildman–Crippen LogP) is 1.66. The highest BCUT2D eigenvalue weighted by atomic mass is 19.4. The lowest BCUT2D eigenvalue weighted by Crippen LogP contribution is -2.55. The second-order valence-electron chi connectivity index (χ2n) is 4.12. The molecule has 2 atom stereocenters. The van der Waals surface area contributed by atoms with Gasteiger partial charge in [0.15, 0.2) is 0 Å². The first-order valence-electron chi connectivity index (χ1n) is 4.91. The number of rotatable bonds is 3. The Bertz CT molecular complexity index is 193. The maximum Gasteiger partial charge on any atom is 0.401 e. The maximum absolute atomic E-state index is 12.0. The molecule has 0 amide bonds. The number of alkyl halides is 3. The summed E-state index contributed by atoms with van der Waals surface area (Å²) in [6.45, 7) is 1.31. The van der Waals surface area contributed by atoms with Crippen LogP contribution in [-0.4, -0.2) is 24.8 Å². The fourth-order valence-corrected chi connectivity index (χ4v) is 2.16. The first kappa shape index (κ1) is 11.8. The Hall–Kier alpha value is -0.290. The van der Waals surface area contributed by atoms with Crippen LogP contribution in [0, 0.1) is 5.92 Å².